The van der Waals surface area contributed by atoms with Gasteiger partial charge in [0.05, 0.1) is 0 Å². The van der Waals surface area contributed by atoms with Crippen LogP contribution in [0.25, 0.3) is 11.0 Å². The fourth-order valence-electron chi connectivity index (χ4n) is 1.43. The van der Waals surface area contributed by atoms with E-state index < -0.39 is 23.1 Å². The predicted octanol–water partition coefficient (Wildman–Crippen LogP) is 1.13. The molecule has 0 saturated carbocycles. The maximum absolute atomic E-state index is 11.4. The molecule has 0 aliphatic heterocycles. The van der Waals surface area contributed by atoms with Crippen LogP contribution in [-0.4, -0.2) is 16.2 Å². The number of hydrogen-bond acceptors (Lipinski definition) is 6. The standard InChI is InChI=1S/C11H8O6/c1-5(12)16-10-9(14)8-6(13)3-2-4-7(8)17-11(10)15/h2-4,13-14H,1H3. The second kappa shape index (κ2) is 3.82. The SMILES string of the molecule is CC(=O)Oc1c(O)c2c(O)cccc2oc1=O. The summed E-state index contributed by atoms with van der Waals surface area (Å²) >= 11 is 0. The van der Waals surface area contributed by atoms with E-state index in [4.69, 9.17) is 4.42 Å². The van der Waals surface area contributed by atoms with E-state index in [-0.39, 0.29) is 16.7 Å². The minimum absolute atomic E-state index is 0.00315. The monoisotopic (exact) mass is 236 g/mol. The average Bonchev–Trinajstić information content (AvgIpc) is 2.23. The van der Waals surface area contributed by atoms with Crippen molar-refractivity contribution in [1.82, 2.24) is 0 Å². The number of phenols is 1. The lowest BCUT2D eigenvalue weighted by molar-refractivity contribution is -0.132. The minimum atomic E-state index is -0.990. The van der Waals surface area contributed by atoms with Crippen molar-refractivity contribution in [2.75, 3.05) is 0 Å². The molecule has 0 amide bonds. The molecule has 6 nitrogen and oxygen atoms in total. The zero-order valence-corrected chi connectivity index (χ0v) is 8.76. The van der Waals surface area contributed by atoms with E-state index in [1.807, 2.05) is 0 Å². The van der Waals surface area contributed by atoms with Crippen molar-refractivity contribution in [2.45, 2.75) is 6.92 Å². The summed E-state index contributed by atoms with van der Waals surface area (Å²) in [5.41, 5.74) is -0.987. The second-order valence-electron chi connectivity index (χ2n) is 3.31. The van der Waals surface area contributed by atoms with E-state index in [9.17, 15) is 19.8 Å². The molecule has 0 radical (unpaired) electrons. The predicted molar refractivity (Wildman–Crippen MR) is 57.1 cm³/mol. The van der Waals surface area contributed by atoms with Gasteiger partial charge < -0.3 is 19.4 Å². The van der Waals surface area contributed by atoms with Crippen molar-refractivity contribution in [2.24, 2.45) is 0 Å². The van der Waals surface area contributed by atoms with Gasteiger partial charge in [-0.05, 0) is 12.1 Å². The lowest BCUT2D eigenvalue weighted by atomic mass is 10.2. The number of rotatable bonds is 1. The molecule has 0 unspecified atom stereocenters. The van der Waals surface area contributed by atoms with E-state index in [2.05, 4.69) is 4.74 Å². The number of phenolic OH excluding ortho intramolecular Hbond substituents is 1. The lowest BCUT2D eigenvalue weighted by Crippen LogP contribution is -2.11. The number of carbonyl (C=O) groups excluding carboxylic acids is 1. The summed E-state index contributed by atoms with van der Waals surface area (Å²) in [5, 5.41) is 19.2. The molecule has 0 saturated heterocycles. The normalized spacial score (nSPS) is 10.4. The third-order valence-corrected chi connectivity index (χ3v) is 2.09. The first-order chi connectivity index (χ1) is 8.00. The lowest BCUT2D eigenvalue weighted by Gasteiger charge is -2.06. The van der Waals surface area contributed by atoms with Crippen LogP contribution in [0.4, 0.5) is 0 Å². The van der Waals surface area contributed by atoms with Crippen LogP contribution in [0, 0.1) is 0 Å². The molecule has 6 heteroatoms. The van der Waals surface area contributed by atoms with Gasteiger partial charge in [-0.3, -0.25) is 4.79 Å². The first-order valence-electron chi connectivity index (χ1n) is 4.67. The highest BCUT2D eigenvalue weighted by molar-refractivity contribution is 5.91. The molecule has 0 aliphatic carbocycles. The van der Waals surface area contributed by atoms with E-state index in [0.717, 1.165) is 6.92 Å². The molecule has 1 aromatic carbocycles. The van der Waals surface area contributed by atoms with Crippen molar-refractivity contribution >= 4 is 16.9 Å². The van der Waals surface area contributed by atoms with E-state index in [1.165, 1.54) is 18.2 Å². The Hall–Kier alpha value is -2.50. The molecule has 2 aromatic rings. The number of esters is 1. The van der Waals surface area contributed by atoms with E-state index in [0.29, 0.717) is 0 Å². The van der Waals surface area contributed by atoms with Gasteiger partial charge in [0, 0.05) is 6.92 Å². The smallest absolute Gasteiger partial charge is 0.383 e. The van der Waals surface area contributed by atoms with Crippen LogP contribution in [0.1, 0.15) is 6.92 Å². The van der Waals surface area contributed by atoms with Gasteiger partial charge in [-0.1, -0.05) is 6.07 Å². The summed E-state index contributed by atoms with van der Waals surface area (Å²) in [6.45, 7) is 1.08. The maximum atomic E-state index is 11.4. The fraction of sp³-hybridized carbons (Fsp3) is 0.0909. The highest BCUT2D eigenvalue weighted by Gasteiger charge is 2.19. The van der Waals surface area contributed by atoms with Crippen LogP contribution in [0.5, 0.6) is 17.2 Å². The quantitative estimate of drug-likeness (QED) is 0.569. The molecule has 88 valence electrons. The number of aromatic hydroxyl groups is 2. The molecule has 0 atom stereocenters. The zero-order chi connectivity index (χ0) is 12.6. The Labute approximate surface area is 94.7 Å². The van der Waals surface area contributed by atoms with Gasteiger partial charge >= 0.3 is 11.6 Å². The molecule has 0 fully saturated rings. The Morgan fingerprint density at radius 1 is 1.35 bits per heavy atom. The topological polar surface area (TPSA) is 97.0 Å². The molecule has 0 bridgehead atoms. The van der Waals surface area contributed by atoms with Crippen molar-refractivity contribution in [1.29, 1.82) is 0 Å². The Kier molecular flexibility index (Phi) is 2.47. The molecule has 2 rings (SSSR count). The Bertz CT molecular complexity index is 655. The maximum Gasteiger partial charge on any atom is 0.383 e. The van der Waals surface area contributed by atoms with Crippen molar-refractivity contribution < 1.29 is 24.2 Å². The highest BCUT2D eigenvalue weighted by atomic mass is 16.6. The Balaban J connectivity index is 2.83. The summed E-state index contributed by atoms with van der Waals surface area (Å²) in [4.78, 5) is 22.2. The van der Waals surface area contributed by atoms with Crippen LogP contribution in [0.15, 0.2) is 27.4 Å². The third-order valence-electron chi connectivity index (χ3n) is 2.09. The van der Waals surface area contributed by atoms with Gasteiger partial charge in [-0.25, -0.2) is 4.79 Å². The molecule has 1 heterocycles. The highest BCUT2D eigenvalue weighted by Crippen LogP contribution is 2.36. The van der Waals surface area contributed by atoms with Gasteiger partial charge in [-0.2, -0.15) is 0 Å². The Morgan fingerprint density at radius 2 is 2.06 bits per heavy atom. The van der Waals surface area contributed by atoms with Gasteiger partial charge in [0.25, 0.3) is 5.75 Å². The van der Waals surface area contributed by atoms with Gasteiger partial charge in [0.1, 0.15) is 16.7 Å². The Morgan fingerprint density at radius 3 is 2.71 bits per heavy atom. The zero-order valence-electron chi connectivity index (χ0n) is 8.76. The summed E-state index contributed by atoms with van der Waals surface area (Å²) in [6.07, 6.45) is 0. The third kappa shape index (κ3) is 1.80. The van der Waals surface area contributed by atoms with Crippen molar-refractivity contribution in [3.8, 4) is 17.2 Å². The summed E-state index contributed by atoms with van der Waals surface area (Å²) < 4.78 is 9.34. The van der Waals surface area contributed by atoms with Crippen LogP contribution in [0.2, 0.25) is 0 Å². The van der Waals surface area contributed by atoms with Gasteiger partial charge in [0.15, 0.2) is 5.75 Å². The average molecular weight is 236 g/mol. The van der Waals surface area contributed by atoms with Crippen molar-refractivity contribution in [3.63, 3.8) is 0 Å². The molecule has 0 aliphatic rings. The largest absolute Gasteiger partial charge is 0.507 e. The molecule has 2 N–H and O–H groups in total. The number of benzene rings is 1. The summed E-state index contributed by atoms with van der Waals surface area (Å²) in [5.74, 6) is -2.31. The molecular weight excluding hydrogens is 228 g/mol. The summed E-state index contributed by atoms with van der Waals surface area (Å²) in [7, 11) is 0. The van der Waals surface area contributed by atoms with Crippen LogP contribution < -0.4 is 10.4 Å². The molecular formula is C11H8O6. The molecule has 1 aromatic heterocycles. The van der Waals surface area contributed by atoms with Crippen LogP contribution in [-0.2, 0) is 4.79 Å². The second-order valence-corrected chi connectivity index (χ2v) is 3.31. The van der Waals surface area contributed by atoms with Crippen LogP contribution >= 0.6 is 0 Å². The first kappa shape index (κ1) is 11.0. The first-order valence-corrected chi connectivity index (χ1v) is 4.67. The molecule has 17 heavy (non-hydrogen) atoms. The van der Waals surface area contributed by atoms with Crippen molar-refractivity contribution in [3.05, 3.63) is 28.6 Å². The fourth-order valence-corrected chi connectivity index (χ4v) is 1.43. The van der Waals surface area contributed by atoms with Crippen LogP contribution in [0.3, 0.4) is 0 Å². The number of fused-ring (bicyclic) bond motifs is 1. The summed E-state index contributed by atoms with van der Waals surface area (Å²) in [6, 6.07) is 4.15. The van der Waals surface area contributed by atoms with Gasteiger partial charge in [-0.15, -0.1) is 0 Å². The van der Waals surface area contributed by atoms with E-state index >= 15 is 0 Å². The number of carbonyl (C=O) groups is 1. The van der Waals surface area contributed by atoms with Gasteiger partial charge in [0.2, 0.25) is 0 Å². The number of hydrogen-bond donors (Lipinski definition) is 2. The minimum Gasteiger partial charge on any atom is -0.507 e. The molecule has 0 spiro atoms. The number of ether oxygens (including phenoxy) is 1. The van der Waals surface area contributed by atoms with E-state index in [1.54, 1.807) is 0 Å².